The van der Waals surface area contributed by atoms with Crippen molar-refractivity contribution >= 4 is 46.2 Å². The largest absolute Gasteiger partial charge is 0.507 e. The highest BCUT2D eigenvalue weighted by molar-refractivity contribution is 14.1. The number of hydrogen-bond donors (Lipinski definition) is 8. The SMILES string of the molecule is CC=CCC(NC(O)C(CC1CCCCC1)NC(Cc1cnc[nH]1)C(=O)NC(=O)C(Cc1ccccc1)NC(=O)CCc1ccc(I)c(O)c1)C(=O)NCCCC. The molecule has 1 fully saturated rings. The molecule has 8 N–H and O–H groups in total. The number of imide groups is 1. The number of aliphatic hydroxyl groups excluding tert-OH is 1. The number of phenolic OH excluding ortho intramolecular Hbond substituents is 1. The number of aryl methyl sites for hydroxylation is 1. The summed E-state index contributed by atoms with van der Waals surface area (Å²) in [5.74, 6) is -1.45. The Bertz CT molecular complexity index is 1720. The Morgan fingerprint density at radius 2 is 1.70 bits per heavy atom. The molecule has 1 aliphatic carbocycles. The molecule has 14 heteroatoms. The first-order valence-corrected chi connectivity index (χ1v) is 21.4. The number of H-pyrrole nitrogens is 1. The molecule has 0 saturated heterocycles. The van der Waals surface area contributed by atoms with Gasteiger partial charge >= 0.3 is 0 Å². The van der Waals surface area contributed by atoms with Crippen molar-refractivity contribution in [3.63, 3.8) is 0 Å². The maximum absolute atomic E-state index is 14.2. The second-order valence-corrected chi connectivity index (χ2v) is 16.1. The molecule has 3 aromatic rings. The number of phenols is 1. The standard InChI is InChI=1S/C43H60IN7O6/c1-3-5-17-34(40(54)46-22-6-4-2)50-41(55)35(23-29-13-9-7-10-14-29)48-37(26-32-27-45-28-47-32)43(57)51-42(56)36(24-30-15-11-8-12-16-30)49-39(53)21-19-31-18-20-33(44)38(52)25-31/h3,5,8,11-12,15-16,18,20,25,27-29,34-37,41,48,50,52,55H,4,6-7,9-10,13-14,17,19,21-24,26H2,1-2H3,(H,45,47)(H,46,54)(H,49,53)(H,51,56,57). The van der Waals surface area contributed by atoms with Gasteiger partial charge in [-0.2, -0.15) is 0 Å². The van der Waals surface area contributed by atoms with E-state index in [1.807, 2.05) is 78.1 Å². The van der Waals surface area contributed by atoms with Crippen LogP contribution < -0.4 is 26.6 Å². The average molecular weight is 898 g/mol. The molecule has 1 aromatic heterocycles. The average Bonchev–Trinajstić information content (AvgIpc) is 3.73. The van der Waals surface area contributed by atoms with Crippen LogP contribution in [0.5, 0.6) is 5.75 Å². The van der Waals surface area contributed by atoms with E-state index in [4.69, 9.17) is 0 Å². The first-order valence-electron chi connectivity index (χ1n) is 20.3. The number of aromatic amines is 1. The highest BCUT2D eigenvalue weighted by atomic mass is 127. The summed E-state index contributed by atoms with van der Waals surface area (Å²) in [5.41, 5.74) is 2.22. The molecule has 0 spiro atoms. The fourth-order valence-electron chi connectivity index (χ4n) is 7.12. The van der Waals surface area contributed by atoms with Crippen LogP contribution in [0.15, 0.2) is 73.2 Å². The maximum atomic E-state index is 14.2. The van der Waals surface area contributed by atoms with Crippen molar-refractivity contribution in [3.05, 3.63) is 93.6 Å². The molecule has 2 aromatic carbocycles. The van der Waals surface area contributed by atoms with Crippen LogP contribution in [-0.4, -0.2) is 80.7 Å². The molecule has 57 heavy (non-hydrogen) atoms. The number of halogens is 1. The van der Waals surface area contributed by atoms with Gasteiger partial charge in [0.1, 0.15) is 18.0 Å². The van der Waals surface area contributed by atoms with Crippen molar-refractivity contribution in [2.45, 2.75) is 128 Å². The lowest BCUT2D eigenvalue weighted by atomic mass is 9.84. The zero-order chi connectivity index (χ0) is 41.0. The fourth-order valence-corrected chi connectivity index (χ4v) is 7.46. The van der Waals surface area contributed by atoms with E-state index in [1.165, 1.54) is 6.33 Å². The van der Waals surface area contributed by atoms with Crippen LogP contribution in [0, 0.1) is 9.49 Å². The van der Waals surface area contributed by atoms with Crippen molar-refractivity contribution in [1.29, 1.82) is 0 Å². The Morgan fingerprint density at radius 3 is 2.39 bits per heavy atom. The first kappa shape index (κ1) is 45.6. The Morgan fingerprint density at radius 1 is 0.947 bits per heavy atom. The summed E-state index contributed by atoms with van der Waals surface area (Å²) in [7, 11) is 0. The third kappa shape index (κ3) is 16.0. The monoisotopic (exact) mass is 897 g/mol. The van der Waals surface area contributed by atoms with Crippen LogP contribution in [0.3, 0.4) is 0 Å². The number of hydrogen-bond acceptors (Lipinski definition) is 9. The summed E-state index contributed by atoms with van der Waals surface area (Å²) in [6, 6.07) is 11.1. The Kier molecular flexibility index (Phi) is 19.7. The van der Waals surface area contributed by atoms with Crippen molar-refractivity contribution < 1.29 is 29.4 Å². The van der Waals surface area contributed by atoms with Gasteiger partial charge in [-0.1, -0.05) is 94.0 Å². The van der Waals surface area contributed by atoms with Gasteiger partial charge in [-0.05, 0) is 84.4 Å². The minimum atomic E-state index is -1.20. The summed E-state index contributed by atoms with van der Waals surface area (Å²) in [6.07, 6.45) is 14.3. The quantitative estimate of drug-likeness (QED) is 0.0288. The van der Waals surface area contributed by atoms with Crippen LogP contribution in [0.1, 0.15) is 94.9 Å². The number of nitrogens with zero attached hydrogens (tertiary/aromatic N) is 1. The first-order chi connectivity index (χ1) is 27.6. The number of aliphatic hydroxyl groups is 1. The normalized spacial score (nSPS) is 16.0. The number of carbonyl (C=O) groups is 4. The molecular weight excluding hydrogens is 837 g/mol. The summed E-state index contributed by atoms with van der Waals surface area (Å²) in [5, 5.41) is 36.9. The topological polar surface area (TPSA) is 198 Å². The second kappa shape index (κ2) is 24.6. The van der Waals surface area contributed by atoms with Gasteiger partial charge in [-0.15, -0.1) is 0 Å². The lowest BCUT2D eigenvalue weighted by Crippen LogP contribution is -2.61. The highest BCUT2D eigenvalue weighted by Gasteiger charge is 2.34. The zero-order valence-electron chi connectivity index (χ0n) is 33.1. The molecule has 310 valence electrons. The molecule has 0 radical (unpaired) electrons. The van der Waals surface area contributed by atoms with Crippen molar-refractivity contribution in [3.8, 4) is 5.75 Å². The van der Waals surface area contributed by atoms with Crippen molar-refractivity contribution in [2.24, 2.45) is 5.92 Å². The smallest absolute Gasteiger partial charge is 0.249 e. The Hall–Kier alpha value is -4.12. The van der Waals surface area contributed by atoms with Crippen LogP contribution in [0.2, 0.25) is 0 Å². The van der Waals surface area contributed by atoms with Gasteiger partial charge in [-0.3, -0.25) is 35.1 Å². The van der Waals surface area contributed by atoms with Gasteiger partial charge in [0.25, 0.3) is 0 Å². The number of unbranched alkanes of at least 4 members (excludes halogenated alkanes) is 1. The molecule has 13 nitrogen and oxygen atoms in total. The van der Waals surface area contributed by atoms with Gasteiger partial charge in [0.2, 0.25) is 23.6 Å². The molecule has 0 aliphatic heterocycles. The molecule has 0 bridgehead atoms. The summed E-state index contributed by atoms with van der Waals surface area (Å²) >= 11 is 2.03. The zero-order valence-corrected chi connectivity index (χ0v) is 35.3. The molecule has 5 unspecified atom stereocenters. The van der Waals surface area contributed by atoms with Gasteiger partial charge in [-0.25, -0.2) is 4.98 Å². The van der Waals surface area contributed by atoms with E-state index in [0.29, 0.717) is 41.0 Å². The van der Waals surface area contributed by atoms with E-state index in [9.17, 15) is 29.4 Å². The molecule has 1 aliphatic rings. The maximum Gasteiger partial charge on any atom is 0.249 e. The number of benzene rings is 2. The highest BCUT2D eigenvalue weighted by Crippen LogP contribution is 2.28. The third-order valence-electron chi connectivity index (χ3n) is 10.4. The fraction of sp³-hybridized carbons (Fsp3) is 0.512. The molecule has 1 saturated carbocycles. The van der Waals surface area contributed by atoms with E-state index in [1.54, 1.807) is 18.3 Å². The van der Waals surface area contributed by atoms with Crippen LogP contribution in [-0.2, 0) is 38.4 Å². The molecule has 4 rings (SSSR count). The molecular formula is C43H60IN7O6. The van der Waals surface area contributed by atoms with E-state index in [2.05, 4.69) is 43.5 Å². The van der Waals surface area contributed by atoms with Crippen molar-refractivity contribution in [1.82, 2.24) is 36.6 Å². The number of amides is 4. The number of allylic oxidation sites excluding steroid dienone is 1. The van der Waals surface area contributed by atoms with E-state index >= 15 is 0 Å². The number of aromatic hydroxyl groups is 1. The van der Waals surface area contributed by atoms with Gasteiger partial charge in [0.05, 0.1) is 22.0 Å². The number of imidazole rings is 1. The van der Waals surface area contributed by atoms with Crippen molar-refractivity contribution in [2.75, 3.05) is 6.54 Å². The second-order valence-electron chi connectivity index (χ2n) is 14.9. The third-order valence-corrected chi connectivity index (χ3v) is 11.3. The predicted octanol–water partition coefficient (Wildman–Crippen LogP) is 4.72. The number of aromatic nitrogens is 2. The number of rotatable bonds is 23. The van der Waals surface area contributed by atoms with Crippen LogP contribution in [0.25, 0.3) is 0 Å². The van der Waals surface area contributed by atoms with Crippen LogP contribution in [0.4, 0.5) is 0 Å². The lowest BCUT2D eigenvalue weighted by Gasteiger charge is -2.34. The van der Waals surface area contributed by atoms with Gasteiger partial charge in [0.15, 0.2) is 0 Å². The molecule has 5 atom stereocenters. The van der Waals surface area contributed by atoms with Gasteiger partial charge in [0, 0.05) is 43.7 Å². The minimum Gasteiger partial charge on any atom is -0.507 e. The lowest BCUT2D eigenvalue weighted by molar-refractivity contribution is -0.135. The van der Waals surface area contributed by atoms with E-state index < -0.39 is 42.2 Å². The summed E-state index contributed by atoms with van der Waals surface area (Å²) in [4.78, 5) is 61.9. The summed E-state index contributed by atoms with van der Waals surface area (Å²) in [6.45, 7) is 4.47. The number of carbonyl (C=O) groups excluding carboxylic acids is 4. The van der Waals surface area contributed by atoms with E-state index in [-0.39, 0.29) is 36.8 Å². The number of nitrogens with one attached hydrogen (secondary N) is 6. The Balaban J connectivity index is 1.54. The minimum absolute atomic E-state index is 0.0654. The van der Waals surface area contributed by atoms with Crippen LogP contribution >= 0.6 is 22.6 Å². The van der Waals surface area contributed by atoms with Gasteiger partial charge < -0.3 is 25.8 Å². The Labute approximate surface area is 350 Å². The van der Waals surface area contributed by atoms with E-state index in [0.717, 1.165) is 56.1 Å². The summed E-state index contributed by atoms with van der Waals surface area (Å²) < 4.78 is 0.704. The molecule has 4 amide bonds. The molecule has 1 heterocycles. The predicted molar refractivity (Wildman–Crippen MR) is 229 cm³/mol.